The van der Waals surface area contributed by atoms with Gasteiger partial charge in [-0.25, -0.2) is 0 Å². The third-order valence-electron chi connectivity index (χ3n) is 6.14. The highest BCUT2D eigenvalue weighted by Crippen LogP contribution is 2.52. The van der Waals surface area contributed by atoms with Crippen molar-refractivity contribution in [2.24, 2.45) is 0 Å². The van der Waals surface area contributed by atoms with Crippen LogP contribution in [0, 0.1) is 0 Å². The van der Waals surface area contributed by atoms with Crippen LogP contribution >= 0.6 is 24.4 Å². The molecule has 0 aliphatic carbocycles. The molecular formula is C29H26N4OS2. The molecule has 1 aliphatic heterocycles. The number of anilines is 4. The Bertz CT molecular complexity index is 1320. The standard InChI is InChI=1S/C29H26N4OS2/c1-29(2)21-15-9-17-23(32-27(35)30-19-11-5-3-6-12-19)25(21)34-26-22(29)16-10-18-24(26)33-28(36)31-20-13-7-4-8-14-20/h3-18H,1-2H3,(H2,30,32,35)(H2,31,33,36). The van der Waals surface area contributed by atoms with Crippen LogP contribution < -0.4 is 26.0 Å². The van der Waals surface area contributed by atoms with Crippen molar-refractivity contribution in [3.63, 3.8) is 0 Å². The van der Waals surface area contributed by atoms with E-state index in [1.54, 1.807) is 0 Å². The lowest BCUT2D eigenvalue weighted by Gasteiger charge is -2.36. The van der Waals surface area contributed by atoms with Gasteiger partial charge in [0.15, 0.2) is 21.7 Å². The Balaban J connectivity index is 1.43. The number of para-hydroxylation sites is 4. The van der Waals surface area contributed by atoms with E-state index in [1.165, 1.54) is 0 Å². The van der Waals surface area contributed by atoms with Crippen LogP contribution in [-0.2, 0) is 5.41 Å². The fraction of sp³-hybridized carbons (Fsp3) is 0.103. The van der Waals surface area contributed by atoms with Crippen LogP contribution in [0.15, 0.2) is 97.1 Å². The van der Waals surface area contributed by atoms with Crippen molar-refractivity contribution in [1.29, 1.82) is 0 Å². The molecule has 5 nitrogen and oxygen atoms in total. The molecule has 0 atom stereocenters. The average molecular weight is 511 g/mol. The summed E-state index contributed by atoms with van der Waals surface area (Å²) in [7, 11) is 0. The van der Waals surface area contributed by atoms with Crippen LogP contribution in [-0.4, -0.2) is 10.2 Å². The fourth-order valence-corrected chi connectivity index (χ4v) is 4.79. The van der Waals surface area contributed by atoms with Gasteiger partial charge in [-0.1, -0.05) is 74.5 Å². The largest absolute Gasteiger partial charge is 0.452 e. The molecule has 180 valence electrons. The minimum absolute atomic E-state index is 0.304. The molecule has 4 N–H and O–H groups in total. The first-order valence-corrected chi connectivity index (χ1v) is 12.4. The van der Waals surface area contributed by atoms with Gasteiger partial charge in [0.25, 0.3) is 0 Å². The lowest BCUT2D eigenvalue weighted by atomic mass is 9.75. The van der Waals surface area contributed by atoms with Gasteiger partial charge in [0, 0.05) is 27.9 Å². The topological polar surface area (TPSA) is 57.4 Å². The third kappa shape index (κ3) is 4.89. The van der Waals surface area contributed by atoms with Crippen LogP contribution in [0.4, 0.5) is 22.7 Å². The highest BCUT2D eigenvalue weighted by atomic mass is 32.1. The van der Waals surface area contributed by atoms with E-state index >= 15 is 0 Å². The Morgan fingerprint density at radius 1 is 0.556 bits per heavy atom. The first-order chi connectivity index (χ1) is 17.4. The number of thiocarbonyl (C=S) groups is 2. The van der Waals surface area contributed by atoms with Gasteiger partial charge in [-0.3, -0.25) is 0 Å². The number of hydrogen-bond donors (Lipinski definition) is 4. The van der Waals surface area contributed by atoms with Crippen molar-refractivity contribution in [1.82, 2.24) is 0 Å². The molecule has 0 radical (unpaired) electrons. The van der Waals surface area contributed by atoms with Crippen molar-refractivity contribution in [2.45, 2.75) is 19.3 Å². The Kier molecular flexibility index (Phi) is 6.59. The van der Waals surface area contributed by atoms with Crippen LogP contribution in [0.3, 0.4) is 0 Å². The van der Waals surface area contributed by atoms with E-state index < -0.39 is 0 Å². The Morgan fingerprint density at radius 3 is 1.39 bits per heavy atom. The minimum atomic E-state index is -0.304. The van der Waals surface area contributed by atoms with Gasteiger partial charge in [-0.05, 0) is 60.8 Å². The van der Waals surface area contributed by atoms with Crippen molar-refractivity contribution in [2.75, 3.05) is 21.3 Å². The molecular weight excluding hydrogens is 484 g/mol. The molecule has 0 amide bonds. The van der Waals surface area contributed by atoms with E-state index in [2.05, 4.69) is 47.2 Å². The molecule has 0 fully saturated rings. The molecule has 0 spiro atoms. The molecule has 0 bridgehead atoms. The first-order valence-electron chi connectivity index (χ1n) is 11.6. The van der Waals surface area contributed by atoms with Gasteiger partial charge < -0.3 is 26.0 Å². The highest BCUT2D eigenvalue weighted by Gasteiger charge is 2.36. The molecule has 1 aliphatic rings. The van der Waals surface area contributed by atoms with E-state index in [9.17, 15) is 0 Å². The molecule has 0 saturated heterocycles. The second kappa shape index (κ2) is 9.97. The summed E-state index contributed by atoms with van der Waals surface area (Å²) in [6, 6.07) is 31.8. The molecule has 7 heteroatoms. The van der Waals surface area contributed by atoms with E-state index in [-0.39, 0.29) is 5.41 Å². The molecule has 36 heavy (non-hydrogen) atoms. The van der Waals surface area contributed by atoms with Crippen LogP contribution in [0.1, 0.15) is 25.0 Å². The highest BCUT2D eigenvalue weighted by molar-refractivity contribution is 7.81. The zero-order valence-corrected chi connectivity index (χ0v) is 21.6. The van der Waals surface area contributed by atoms with Crippen molar-refractivity contribution < 1.29 is 4.74 Å². The van der Waals surface area contributed by atoms with Gasteiger partial charge in [0.1, 0.15) is 0 Å². The summed E-state index contributed by atoms with van der Waals surface area (Å²) in [5.74, 6) is 1.48. The zero-order valence-electron chi connectivity index (χ0n) is 20.0. The third-order valence-corrected chi connectivity index (χ3v) is 6.55. The molecule has 0 unspecified atom stereocenters. The lowest BCUT2D eigenvalue weighted by Crippen LogP contribution is -2.27. The second-order valence-electron chi connectivity index (χ2n) is 8.98. The van der Waals surface area contributed by atoms with Crippen molar-refractivity contribution in [3.8, 4) is 11.5 Å². The van der Waals surface area contributed by atoms with Crippen molar-refractivity contribution in [3.05, 3.63) is 108 Å². The normalized spacial score (nSPS) is 12.8. The quantitative estimate of drug-likeness (QED) is 0.210. The minimum Gasteiger partial charge on any atom is -0.452 e. The Morgan fingerprint density at radius 2 is 0.972 bits per heavy atom. The lowest BCUT2D eigenvalue weighted by molar-refractivity contribution is 0.422. The number of benzene rings is 4. The molecule has 5 rings (SSSR count). The van der Waals surface area contributed by atoms with Crippen LogP contribution in [0.5, 0.6) is 11.5 Å². The SMILES string of the molecule is CC1(C)c2cccc(NC(=S)Nc3ccccc3)c2Oc2c(NC(=S)Nc3ccccc3)cccc21. The van der Waals surface area contributed by atoms with Crippen molar-refractivity contribution >= 4 is 57.4 Å². The summed E-state index contributed by atoms with van der Waals surface area (Å²) >= 11 is 11.2. The fourth-order valence-electron chi connectivity index (χ4n) is 4.33. The van der Waals surface area contributed by atoms with Crippen LogP contribution in [0.25, 0.3) is 0 Å². The van der Waals surface area contributed by atoms with E-state index in [0.29, 0.717) is 10.2 Å². The molecule has 0 aromatic heterocycles. The summed E-state index contributed by atoms with van der Waals surface area (Å²) in [6.45, 7) is 4.39. The predicted octanol–water partition coefficient (Wildman–Crippen LogP) is 7.74. The molecule has 4 aromatic rings. The Labute approximate surface area is 221 Å². The van der Waals surface area contributed by atoms with Gasteiger partial charge in [0.05, 0.1) is 11.4 Å². The van der Waals surface area contributed by atoms with E-state index in [4.69, 9.17) is 29.2 Å². The van der Waals surface area contributed by atoms with Gasteiger partial charge in [0.2, 0.25) is 0 Å². The maximum absolute atomic E-state index is 6.58. The number of ether oxygens (including phenoxy) is 1. The summed E-state index contributed by atoms with van der Waals surface area (Å²) in [5.41, 5.74) is 5.25. The smallest absolute Gasteiger partial charge is 0.175 e. The number of nitrogens with one attached hydrogen (secondary N) is 4. The predicted molar refractivity (Wildman–Crippen MR) is 158 cm³/mol. The van der Waals surface area contributed by atoms with Crippen LogP contribution in [0.2, 0.25) is 0 Å². The Hall–Kier alpha value is -3.94. The van der Waals surface area contributed by atoms with E-state index in [1.807, 2.05) is 84.9 Å². The monoisotopic (exact) mass is 510 g/mol. The first kappa shape index (κ1) is 23.8. The molecule has 0 saturated carbocycles. The number of rotatable bonds is 4. The summed E-state index contributed by atoms with van der Waals surface area (Å²) in [4.78, 5) is 0. The van der Waals surface area contributed by atoms with E-state index in [0.717, 1.165) is 45.4 Å². The average Bonchev–Trinajstić information content (AvgIpc) is 2.86. The summed E-state index contributed by atoms with van der Waals surface area (Å²) in [6.07, 6.45) is 0. The zero-order chi connectivity index (χ0) is 25.1. The second-order valence-corrected chi connectivity index (χ2v) is 9.80. The van der Waals surface area contributed by atoms with Gasteiger partial charge >= 0.3 is 0 Å². The maximum Gasteiger partial charge on any atom is 0.175 e. The number of fused-ring (bicyclic) bond motifs is 2. The maximum atomic E-state index is 6.58. The molecule has 1 heterocycles. The van der Waals surface area contributed by atoms with Gasteiger partial charge in [-0.15, -0.1) is 0 Å². The summed E-state index contributed by atoms with van der Waals surface area (Å²) in [5, 5.41) is 14.1. The molecule has 4 aromatic carbocycles. The van der Waals surface area contributed by atoms with Gasteiger partial charge in [-0.2, -0.15) is 0 Å². The number of hydrogen-bond acceptors (Lipinski definition) is 3. The summed E-state index contributed by atoms with van der Waals surface area (Å²) < 4.78 is 6.58.